The highest BCUT2D eigenvalue weighted by atomic mass is 16.2. The summed E-state index contributed by atoms with van der Waals surface area (Å²) in [5, 5.41) is 3.85. The van der Waals surface area contributed by atoms with Crippen LogP contribution in [0, 0.1) is 0 Å². The number of hydrogen-bond donors (Lipinski definition) is 1. The third-order valence-corrected chi connectivity index (χ3v) is 5.21. The number of urea groups is 1. The van der Waals surface area contributed by atoms with Crippen molar-refractivity contribution in [2.75, 3.05) is 29.9 Å². The number of nitrogens with one attached hydrogen (secondary N) is 1. The summed E-state index contributed by atoms with van der Waals surface area (Å²) in [5.74, 6) is 0.218. The maximum atomic E-state index is 12.8. The molecule has 0 atom stereocenters. The Morgan fingerprint density at radius 2 is 1.83 bits per heavy atom. The van der Waals surface area contributed by atoms with E-state index in [1.54, 1.807) is 16.0 Å². The fourth-order valence-corrected chi connectivity index (χ4v) is 3.58. The predicted octanol–water partition coefficient (Wildman–Crippen LogP) is 4.24. The highest BCUT2D eigenvalue weighted by Gasteiger charge is 2.30. The maximum Gasteiger partial charge on any atom is 0.325 e. The van der Waals surface area contributed by atoms with E-state index in [2.05, 4.69) is 36.3 Å². The van der Waals surface area contributed by atoms with Crippen LogP contribution in [0.1, 0.15) is 25.3 Å². The molecular weight excluding hydrogens is 364 g/mol. The van der Waals surface area contributed by atoms with Crippen LogP contribution in [0.2, 0.25) is 0 Å². The van der Waals surface area contributed by atoms with Gasteiger partial charge in [0.15, 0.2) is 0 Å². The number of hydrogen-bond acceptors (Lipinski definition) is 3. The highest BCUT2D eigenvalue weighted by Crippen LogP contribution is 2.24. The largest absolute Gasteiger partial charge is 0.325 e. The van der Waals surface area contributed by atoms with Crippen LogP contribution in [0.5, 0.6) is 0 Å². The highest BCUT2D eigenvalue weighted by molar-refractivity contribution is 6.03. The summed E-state index contributed by atoms with van der Waals surface area (Å²) in [5.41, 5.74) is 3.49. The van der Waals surface area contributed by atoms with Crippen LogP contribution in [-0.4, -0.2) is 41.5 Å². The summed E-state index contributed by atoms with van der Waals surface area (Å²) in [6, 6.07) is 17.4. The zero-order chi connectivity index (χ0) is 20.4. The summed E-state index contributed by atoms with van der Waals surface area (Å²) in [6.45, 7) is 5.39. The van der Waals surface area contributed by atoms with E-state index in [9.17, 15) is 9.59 Å². The molecule has 1 aromatic heterocycles. The summed E-state index contributed by atoms with van der Waals surface area (Å²) < 4.78 is 0. The minimum atomic E-state index is -0.228. The zero-order valence-corrected chi connectivity index (χ0v) is 16.6. The second-order valence-electron chi connectivity index (χ2n) is 7.53. The van der Waals surface area contributed by atoms with Gasteiger partial charge in [-0.2, -0.15) is 0 Å². The molecule has 6 heteroatoms. The number of amides is 3. The van der Waals surface area contributed by atoms with Gasteiger partial charge in [0.1, 0.15) is 6.54 Å². The van der Waals surface area contributed by atoms with E-state index in [-0.39, 0.29) is 18.5 Å². The average Bonchev–Trinajstić information content (AvgIpc) is 3.08. The van der Waals surface area contributed by atoms with Gasteiger partial charge in [0.05, 0.1) is 11.2 Å². The van der Waals surface area contributed by atoms with Crippen LogP contribution in [0.4, 0.5) is 16.2 Å². The minimum absolute atomic E-state index is 0.0165. The van der Waals surface area contributed by atoms with Crippen molar-refractivity contribution < 1.29 is 9.59 Å². The normalized spacial score (nSPS) is 14.1. The van der Waals surface area contributed by atoms with E-state index in [1.807, 2.05) is 42.5 Å². The number of nitrogens with zero attached hydrogens (tertiary/aromatic N) is 3. The Kier molecular flexibility index (Phi) is 5.16. The minimum Gasteiger partial charge on any atom is -0.323 e. The van der Waals surface area contributed by atoms with Crippen LogP contribution in [0.25, 0.3) is 10.9 Å². The fraction of sp³-hybridized carbons (Fsp3) is 0.261. The quantitative estimate of drug-likeness (QED) is 0.711. The molecule has 148 valence electrons. The van der Waals surface area contributed by atoms with Crippen molar-refractivity contribution in [3.8, 4) is 0 Å². The third-order valence-electron chi connectivity index (χ3n) is 5.21. The molecule has 3 amide bonds. The van der Waals surface area contributed by atoms with Crippen molar-refractivity contribution in [2.45, 2.75) is 19.8 Å². The van der Waals surface area contributed by atoms with Gasteiger partial charge < -0.3 is 10.2 Å². The van der Waals surface area contributed by atoms with Crippen molar-refractivity contribution in [3.63, 3.8) is 0 Å². The number of carbonyl (C=O) groups excluding carboxylic acids is 2. The van der Waals surface area contributed by atoms with Crippen LogP contribution in [0.3, 0.4) is 0 Å². The molecule has 3 aromatic rings. The molecule has 1 saturated heterocycles. The molecule has 0 bridgehead atoms. The Bertz CT molecular complexity index is 1040. The number of pyridine rings is 1. The Morgan fingerprint density at radius 1 is 1.07 bits per heavy atom. The van der Waals surface area contributed by atoms with E-state index in [0.29, 0.717) is 24.7 Å². The monoisotopic (exact) mass is 388 g/mol. The van der Waals surface area contributed by atoms with E-state index < -0.39 is 0 Å². The molecule has 0 unspecified atom stereocenters. The molecule has 2 heterocycles. The first-order chi connectivity index (χ1) is 14.0. The van der Waals surface area contributed by atoms with Gasteiger partial charge >= 0.3 is 6.03 Å². The lowest BCUT2D eigenvalue weighted by atomic mass is 10.0. The lowest BCUT2D eigenvalue weighted by molar-refractivity contribution is -0.116. The average molecular weight is 388 g/mol. The van der Waals surface area contributed by atoms with Gasteiger partial charge in [-0.1, -0.05) is 44.2 Å². The first kappa shape index (κ1) is 18.9. The Morgan fingerprint density at radius 3 is 2.59 bits per heavy atom. The molecule has 1 aliphatic heterocycles. The Labute approximate surface area is 170 Å². The number of anilines is 2. The van der Waals surface area contributed by atoms with Crippen molar-refractivity contribution in [2.24, 2.45) is 0 Å². The van der Waals surface area contributed by atoms with Crippen LogP contribution in [-0.2, 0) is 4.79 Å². The van der Waals surface area contributed by atoms with Crippen molar-refractivity contribution >= 4 is 34.2 Å². The summed E-state index contributed by atoms with van der Waals surface area (Å²) >= 11 is 0. The molecule has 0 spiro atoms. The molecule has 0 aliphatic carbocycles. The van der Waals surface area contributed by atoms with Gasteiger partial charge in [-0.15, -0.1) is 0 Å². The van der Waals surface area contributed by atoms with E-state index in [0.717, 1.165) is 16.6 Å². The first-order valence-corrected chi connectivity index (χ1v) is 9.83. The van der Waals surface area contributed by atoms with E-state index >= 15 is 0 Å². The predicted molar refractivity (Wildman–Crippen MR) is 115 cm³/mol. The number of fused-ring (bicyclic) bond motifs is 1. The maximum absolute atomic E-state index is 12.8. The van der Waals surface area contributed by atoms with E-state index in [1.165, 1.54) is 5.56 Å². The van der Waals surface area contributed by atoms with Crippen LogP contribution < -0.4 is 10.2 Å². The SMILES string of the molecule is CC(C)c1ccc(N2CCN(CC(=O)Nc3cccc4cccnc34)C2=O)cc1. The molecule has 1 N–H and O–H groups in total. The number of para-hydroxylation sites is 1. The number of benzene rings is 2. The van der Waals surface area contributed by atoms with Crippen molar-refractivity contribution in [3.05, 3.63) is 66.4 Å². The first-order valence-electron chi connectivity index (χ1n) is 9.83. The number of carbonyl (C=O) groups is 2. The molecule has 0 radical (unpaired) electrons. The van der Waals surface area contributed by atoms with Gasteiger partial charge in [0, 0.05) is 30.4 Å². The fourth-order valence-electron chi connectivity index (χ4n) is 3.58. The van der Waals surface area contributed by atoms with Gasteiger partial charge in [-0.3, -0.25) is 14.7 Å². The molecule has 6 nitrogen and oxygen atoms in total. The number of rotatable bonds is 5. The second-order valence-corrected chi connectivity index (χ2v) is 7.53. The molecule has 1 aliphatic rings. The van der Waals surface area contributed by atoms with Crippen molar-refractivity contribution in [1.82, 2.24) is 9.88 Å². The van der Waals surface area contributed by atoms with Gasteiger partial charge in [-0.25, -0.2) is 4.79 Å². The van der Waals surface area contributed by atoms with Gasteiger partial charge in [0.2, 0.25) is 5.91 Å². The topological polar surface area (TPSA) is 65.5 Å². The smallest absolute Gasteiger partial charge is 0.323 e. The lowest BCUT2D eigenvalue weighted by Gasteiger charge is -2.19. The molecule has 29 heavy (non-hydrogen) atoms. The molecule has 1 fully saturated rings. The van der Waals surface area contributed by atoms with Crippen molar-refractivity contribution in [1.29, 1.82) is 0 Å². The standard InChI is InChI=1S/C23H24N4O2/c1-16(2)17-8-10-19(11-9-17)27-14-13-26(23(27)29)15-21(28)25-20-7-3-5-18-6-4-12-24-22(18)20/h3-12,16H,13-15H2,1-2H3,(H,25,28). The van der Waals surface area contributed by atoms with Crippen LogP contribution >= 0.6 is 0 Å². The summed E-state index contributed by atoms with van der Waals surface area (Å²) in [4.78, 5) is 33.0. The molecule has 2 aromatic carbocycles. The second kappa shape index (κ2) is 7.91. The number of aromatic nitrogens is 1. The molecular formula is C23H24N4O2. The van der Waals surface area contributed by atoms with Crippen LogP contribution in [0.15, 0.2) is 60.8 Å². The Balaban J connectivity index is 1.42. The molecule has 0 saturated carbocycles. The van der Waals surface area contributed by atoms with Gasteiger partial charge in [-0.05, 0) is 35.7 Å². The van der Waals surface area contributed by atoms with E-state index in [4.69, 9.17) is 0 Å². The zero-order valence-electron chi connectivity index (χ0n) is 16.6. The lowest BCUT2D eigenvalue weighted by Crippen LogP contribution is -2.37. The summed E-state index contributed by atoms with van der Waals surface area (Å²) in [7, 11) is 0. The molecule has 4 rings (SSSR count). The third kappa shape index (κ3) is 3.92. The summed E-state index contributed by atoms with van der Waals surface area (Å²) in [6.07, 6.45) is 1.70. The Hall–Kier alpha value is -3.41. The van der Waals surface area contributed by atoms with Gasteiger partial charge in [0.25, 0.3) is 0 Å².